The summed E-state index contributed by atoms with van der Waals surface area (Å²) >= 11 is 6.03. The predicted molar refractivity (Wildman–Crippen MR) is 101 cm³/mol. The number of hydrogen-bond donors (Lipinski definition) is 2. The number of likely N-dealkylation sites (N-methyl/N-ethyl adjacent to an activating group) is 1. The Balaban J connectivity index is 1.65. The molecule has 1 saturated heterocycles. The average molecular weight is 360 g/mol. The van der Waals surface area contributed by atoms with Gasteiger partial charge >= 0.3 is 6.03 Å². The first-order chi connectivity index (χ1) is 11.9. The third-order valence-corrected chi connectivity index (χ3v) is 4.74. The molecule has 0 aromatic heterocycles. The fourth-order valence-corrected chi connectivity index (χ4v) is 3.25. The van der Waals surface area contributed by atoms with Crippen LogP contribution >= 0.6 is 11.6 Å². The van der Waals surface area contributed by atoms with E-state index in [1.54, 1.807) is 4.90 Å². The molecule has 0 spiro atoms. The number of β-amino-alcohol motifs (C(OH)–C–C–N with tert-alkyl or cyclic N) is 1. The van der Waals surface area contributed by atoms with Crippen LogP contribution < -0.4 is 5.32 Å². The number of likely N-dealkylation sites (tertiary alicyclic amines) is 1. The van der Waals surface area contributed by atoms with Crippen LogP contribution in [0.4, 0.5) is 10.5 Å². The number of carbonyl (C=O) groups is 1. The number of aliphatic hydroxyl groups excluding tert-OH is 1. The van der Waals surface area contributed by atoms with Crippen LogP contribution in [0.3, 0.4) is 0 Å². The summed E-state index contributed by atoms with van der Waals surface area (Å²) in [5, 5.41) is 13.6. The maximum Gasteiger partial charge on any atom is 0.321 e. The van der Waals surface area contributed by atoms with Crippen LogP contribution in [0.5, 0.6) is 0 Å². The van der Waals surface area contributed by atoms with Crippen molar-refractivity contribution in [1.29, 1.82) is 0 Å². The van der Waals surface area contributed by atoms with Gasteiger partial charge in [-0.05, 0) is 49.5 Å². The fourth-order valence-electron chi connectivity index (χ4n) is 3.06. The van der Waals surface area contributed by atoms with E-state index in [4.69, 9.17) is 11.6 Å². The molecule has 5 nitrogen and oxygen atoms in total. The van der Waals surface area contributed by atoms with Crippen molar-refractivity contribution in [3.8, 4) is 11.1 Å². The van der Waals surface area contributed by atoms with E-state index < -0.39 is 6.10 Å². The quantitative estimate of drug-likeness (QED) is 0.885. The van der Waals surface area contributed by atoms with E-state index >= 15 is 0 Å². The van der Waals surface area contributed by atoms with Gasteiger partial charge in [-0.1, -0.05) is 35.9 Å². The Morgan fingerprint density at radius 2 is 1.88 bits per heavy atom. The molecule has 6 heteroatoms. The standard InChI is InChI=1S/C19H22ClN3O2/c1-22(2)17-11-23(12-18(17)24)19(25)21-16-8-6-13(7-9-16)14-4-3-5-15(20)10-14/h3-10,17-18,24H,11-12H2,1-2H3,(H,21,25)/t17-,18-/m0/s1. The van der Waals surface area contributed by atoms with Gasteiger partial charge in [-0.25, -0.2) is 4.79 Å². The second-order valence-electron chi connectivity index (χ2n) is 6.52. The molecule has 25 heavy (non-hydrogen) atoms. The topological polar surface area (TPSA) is 55.8 Å². The van der Waals surface area contributed by atoms with Crippen molar-refractivity contribution < 1.29 is 9.90 Å². The lowest BCUT2D eigenvalue weighted by Crippen LogP contribution is -2.38. The van der Waals surface area contributed by atoms with Crippen LogP contribution in [0, 0.1) is 0 Å². The number of carbonyl (C=O) groups excluding carboxylic acids is 1. The molecule has 0 saturated carbocycles. The summed E-state index contributed by atoms with van der Waals surface area (Å²) in [5.41, 5.74) is 2.78. The van der Waals surface area contributed by atoms with Crippen LogP contribution in [-0.2, 0) is 0 Å². The van der Waals surface area contributed by atoms with Gasteiger partial charge in [0.25, 0.3) is 0 Å². The molecular formula is C19H22ClN3O2. The zero-order valence-corrected chi connectivity index (χ0v) is 15.1. The summed E-state index contributed by atoms with van der Waals surface area (Å²) in [5.74, 6) is 0. The second-order valence-corrected chi connectivity index (χ2v) is 6.96. The number of amides is 2. The molecule has 2 N–H and O–H groups in total. The highest BCUT2D eigenvalue weighted by molar-refractivity contribution is 6.30. The fraction of sp³-hybridized carbons (Fsp3) is 0.316. The predicted octanol–water partition coefficient (Wildman–Crippen LogP) is 3.15. The highest BCUT2D eigenvalue weighted by Crippen LogP contribution is 2.24. The zero-order chi connectivity index (χ0) is 18.0. The van der Waals surface area contributed by atoms with Gasteiger partial charge in [0.1, 0.15) is 0 Å². The number of nitrogens with one attached hydrogen (secondary N) is 1. The Hall–Kier alpha value is -2.08. The van der Waals surface area contributed by atoms with E-state index in [0.717, 1.165) is 16.8 Å². The van der Waals surface area contributed by atoms with Crippen LogP contribution in [0.2, 0.25) is 5.02 Å². The van der Waals surface area contributed by atoms with Crippen LogP contribution in [0.1, 0.15) is 0 Å². The maximum atomic E-state index is 12.4. The number of urea groups is 1. The molecule has 1 aliphatic rings. The molecule has 0 aliphatic carbocycles. The summed E-state index contributed by atoms with van der Waals surface area (Å²) in [6, 6.07) is 15.0. The minimum Gasteiger partial charge on any atom is -0.390 e. The Kier molecular flexibility index (Phi) is 5.27. The lowest BCUT2D eigenvalue weighted by Gasteiger charge is -2.21. The van der Waals surface area contributed by atoms with E-state index in [0.29, 0.717) is 18.1 Å². The van der Waals surface area contributed by atoms with Gasteiger partial charge in [0.15, 0.2) is 0 Å². The van der Waals surface area contributed by atoms with Gasteiger partial charge in [0, 0.05) is 17.3 Å². The number of hydrogen-bond acceptors (Lipinski definition) is 3. The third-order valence-electron chi connectivity index (χ3n) is 4.50. The van der Waals surface area contributed by atoms with Gasteiger partial charge in [-0.15, -0.1) is 0 Å². The largest absolute Gasteiger partial charge is 0.390 e. The molecule has 0 radical (unpaired) electrons. The van der Waals surface area contributed by atoms with Crippen molar-refractivity contribution in [2.45, 2.75) is 12.1 Å². The van der Waals surface area contributed by atoms with E-state index in [1.165, 1.54) is 0 Å². The zero-order valence-electron chi connectivity index (χ0n) is 14.3. The molecule has 3 rings (SSSR count). The molecule has 0 bridgehead atoms. The molecule has 132 valence electrons. The molecule has 2 aromatic rings. The Morgan fingerprint density at radius 1 is 1.16 bits per heavy atom. The molecule has 1 fully saturated rings. The van der Waals surface area contributed by atoms with Crippen molar-refractivity contribution >= 4 is 23.3 Å². The van der Waals surface area contributed by atoms with Crippen LogP contribution in [0.25, 0.3) is 11.1 Å². The van der Waals surface area contributed by atoms with Crippen molar-refractivity contribution in [2.75, 3.05) is 32.5 Å². The van der Waals surface area contributed by atoms with E-state index in [9.17, 15) is 9.90 Å². The normalized spacial score (nSPS) is 20.1. The molecule has 1 aliphatic heterocycles. The summed E-state index contributed by atoms with van der Waals surface area (Å²) in [6.45, 7) is 0.857. The minimum absolute atomic E-state index is 0.0315. The van der Waals surface area contributed by atoms with E-state index in [2.05, 4.69) is 5.32 Å². The van der Waals surface area contributed by atoms with Gasteiger partial charge in [-0.3, -0.25) is 0 Å². The van der Waals surface area contributed by atoms with Crippen molar-refractivity contribution in [2.24, 2.45) is 0 Å². The summed E-state index contributed by atoms with van der Waals surface area (Å²) in [4.78, 5) is 16.0. The maximum absolute atomic E-state index is 12.4. The number of anilines is 1. The van der Waals surface area contributed by atoms with Gasteiger partial charge < -0.3 is 20.2 Å². The van der Waals surface area contributed by atoms with Crippen LogP contribution in [0.15, 0.2) is 48.5 Å². The molecule has 2 atom stereocenters. The number of benzene rings is 2. The molecule has 1 heterocycles. The first kappa shape index (κ1) is 17.7. The van der Waals surface area contributed by atoms with Crippen molar-refractivity contribution in [3.05, 3.63) is 53.6 Å². The highest BCUT2D eigenvalue weighted by Gasteiger charge is 2.35. The number of aliphatic hydroxyl groups is 1. The van der Waals surface area contributed by atoms with Gasteiger partial charge in [0.05, 0.1) is 18.7 Å². The first-order valence-electron chi connectivity index (χ1n) is 8.20. The van der Waals surface area contributed by atoms with Crippen molar-refractivity contribution in [1.82, 2.24) is 9.80 Å². The number of rotatable bonds is 3. The van der Waals surface area contributed by atoms with Gasteiger partial charge in [0.2, 0.25) is 0 Å². The first-order valence-corrected chi connectivity index (χ1v) is 8.58. The monoisotopic (exact) mass is 359 g/mol. The number of halogens is 1. The minimum atomic E-state index is -0.522. The lowest BCUT2D eigenvalue weighted by molar-refractivity contribution is 0.113. The smallest absolute Gasteiger partial charge is 0.321 e. The summed E-state index contributed by atoms with van der Waals surface area (Å²) in [6.07, 6.45) is -0.522. The second kappa shape index (κ2) is 7.44. The summed E-state index contributed by atoms with van der Waals surface area (Å²) < 4.78 is 0. The van der Waals surface area contributed by atoms with Gasteiger partial charge in [-0.2, -0.15) is 0 Å². The van der Waals surface area contributed by atoms with Crippen molar-refractivity contribution in [3.63, 3.8) is 0 Å². The summed E-state index contributed by atoms with van der Waals surface area (Å²) in [7, 11) is 3.81. The molecular weight excluding hydrogens is 338 g/mol. The Bertz CT molecular complexity index is 749. The Labute approximate surface area is 152 Å². The van der Waals surface area contributed by atoms with Crippen LogP contribution in [-0.4, -0.2) is 60.3 Å². The average Bonchev–Trinajstić information content (AvgIpc) is 2.98. The number of nitrogens with zero attached hydrogens (tertiary/aromatic N) is 2. The SMILES string of the molecule is CN(C)[C@H]1CN(C(=O)Nc2ccc(-c3cccc(Cl)c3)cc2)C[C@@H]1O. The van der Waals surface area contributed by atoms with E-state index in [1.807, 2.05) is 67.5 Å². The molecule has 2 aromatic carbocycles. The Morgan fingerprint density at radius 3 is 2.48 bits per heavy atom. The molecule has 0 unspecified atom stereocenters. The third kappa shape index (κ3) is 4.12. The van der Waals surface area contributed by atoms with E-state index in [-0.39, 0.29) is 12.1 Å². The molecule has 2 amide bonds. The highest BCUT2D eigenvalue weighted by atomic mass is 35.5. The lowest BCUT2D eigenvalue weighted by atomic mass is 10.1.